The van der Waals surface area contributed by atoms with Gasteiger partial charge in [-0.25, -0.2) is 0 Å². The van der Waals surface area contributed by atoms with Crippen molar-refractivity contribution >= 4 is 46.6 Å². The van der Waals surface area contributed by atoms with Gasteiger partial charge in [-0.3, -0.25) is 4.79 Å². The standard InChI is InChI=1S/C13H11N3O5S2/c1-6-15-16-13(23-6)22-5-10(17)14-9-3-7(11(18)19)2-8(4-9)12(20)21/h2-4H,5H2,1H3,(H,14,17)(H,18,19)(H,20,21)/p-2. The van der Waals surface area contributed by atoms with Gasteiger partial charge in [0.15, 0.2) is 4.34 Å². The molecule has 1 aromatic heterocycles. The SMILES string of the molecule is Cc1nnc(SCC(=O)Nc2cc(C(=O)[O-])cc(C(=O)[O-])c2)s1. The summed E-state index contributed by atoms with van der Waals surface area (Å²) in [5, 5.41) is 32.6. The third-order valence-electron chi connectivity index (χ3n) is 2.52. The van der Waals surface area contributed by atoms with E-state index in [-0.39, 0.29) is 22.6 Å². The topological polar surface area (TPSA) is 135 Å². The van der Waals surface area contributed by atoms with Crippen molar-refractivity contribution in [2.45, 2.75) is 11.3 Å². The second-order valence-corrected chi connectivity index (χ2v) is 6.70. The zero-order chi connectivity index (χ0) is 17.0. The number of carboxylic acid groups (broad SMARTS) is 2. The maximum Gasteiger partial charge on any atom is 0.234 e. The van der Waals surface area contributed by atoms with Crippen molar-refractivity contribution in [1.82, 2.24) is 10.2 Å². The number of anilines is 1. The Bertz CT molecular complexity index is 742. The normalized spacial score (nSPS) is 10.3. The minimum absolute atomic E-state index is 0.0187. The average Bonchev–Trinajstić information content (AvgIpc) is 2.90. The van der Waals surface area contributed by atoms with E-state index in [2.05, 4.69) is 15.5 Å². The molecule has 0 aliphatic heterocycles. The molecule has 1 amide bonds. The van der Waals surface area contributed by atoms with Gasteiger partial charge in [0.25, 0.3) is 0 Å². The van der Waals surface area contributed by atoms with Crippen LogP contribution in [0.4, 0.5) is 5.69 Å². The van der Waals surface area contributed by atoms with E-state index < -0.39 is 17.8 Å². The summed E-state index contributed by atoms with van der Waals surface area (Å²) in [6, 6.07) is 3.12. The average molecular weight is 351 g/mol. The minimum atomic E-state index is -1.55. The van der Waals surface area contributed by atoms with Gasteiger partial charge < -0.3 is 25.1 Å². The summed E-state index contributed by atoms with van der Waals surface area (Å²) >= 11 is 2.50. The smallest absolute Gasteiger partial charge is 0.234 e. The fourth-order valence-electron chi connectivity index (χ4n) is 1.60. The molecule has 2 aromatic rings. The van der Waals surface area contributed by atoms with Crippen molar-refractivity contribution in [2.75, 3.05) is 11.1 Å². The van der Waals surface area contributed by atoms with Gasteiger partial charge >= 0.3 is 0 Å². The van der Waals surface area contributed by atoms with Crippen LogP contribution in [0.15, 0.2) is 22.5 Å². The van der Waals surface area contributed by atoms with Crippen LogP contribution in [-0.2, 0) is 4.79 Å². The highest BCUT2D eigenvalue weighted by atomic mass is 32.2. The van der Waals surface area contributed by atoms with Gasteiger partial charge in [-0.1, -0.05) is 23.1 Å². The molecule has 0 aliphatic carbocycles. The second kappa shape index (κ2) is 7.20. The highest BCUT2D eigenvalue weighted by molar-refractivity contribution is 8.01. The van der Waals surface area contributed by atoms with Crippen molar-refractivity contribution in [1.29, 1.82) is 0 Å². The maximum absolute atomic E-state index is 11.9. The first-order valence-electron chi connectivity index (χ1n) is 6.15. The van der Waals surface area contributed by atoms with E-state index in [0.717, 1.165) is 23.2 Å². The Hall–Kier alpha value is -2.46. The molecule has 0 saturated heterocycles. The zero-order valence-corrected chi connectivity index (χ0v) is 13.3. The fraction of sp³-hybridized carbons (Fsp3) is 0.154. The van der Waals surface area contributed by atoms with Crippen LogP contribution in [0.2, 0.25) is 0 Å². The Morgan fingerprint density at radius 1 is 1.13 bits per heavy atom. The lowest BCUT2D eigenvalue weighted by Gasteiger charge is -2.12. The first kappa shape index (κ1) is 16.9. The number of carbonyl (C=O) groups is 3. The molecule has 0 bridgehead atoms. The van der Waals surface area contributed by atoms with Gasteiger partial charge in [-0.05, 0) is 36.2 Å². The van der Waals surface area contributed by atoms with Crippen molar-refractivity contribution < 1.29 is 24.6 Å². The zero-order valence-electron chi connectivity index (χ0n) is 11.7. The van der Waals surface area contributed by atoms with Crippen molar-refractivity contribution in [2.24, 2.45) is 0 Å². The Morgan fingerprint density at radius 2 is 1.74 bits per heavy atom. The molecule has 0 aliphatic rings. The Labute approximate surface area is 138 Å². The summed E-state index contributed by atoms with van der Waals surface area (Å²) in [7, 11) is 0. The first-order valence-corrected chi connectivity index (χ1v) is 7.96. The largest absolute Gasteiger partial charge is 0.545 e. The Kier molecular flexibility index (Phi) is 5.29. The number of aryl methyl sites for hydroxylation is 1. The lowest BCUT2D eigenvalue weighted by atomic mass is 10.1. The van der Waals surface area contributed by atoms with Crippen LogP contribution in [-0.4, -0.2) is 33.8 Å². The lowest BCUT2D eigenvalue weighted by molar-refractivity contribution is -0.255. The third kappa shape index (κ3) is 4.76. The molecule has 10 heteroatoms. The van der Waals surface area contributed by atoms with Crippen LogP contribution in [0.1, 0.15) is 25.7 Å². The molecule has 0 fully saturated rings. The number of aromatic nitrogens is 2. The monoisotopic (exact) mass is 351 g/mol. The van der Waals surface area contributed by atoms with Gasteiger partial charge in [0.05, 0.1) is 17.7 Å². The van der Waals surface area contributed by atoms with E-state index in [0.29, 0.717) is 4.34 Å². The van der Waals surface area contributed by atoms with Crippen molar-refractivity contribution in [3.05, 3.63) is 34.3 Å². The van der Waals surface area contributed by atoms with E-state index in [1.807, 2.05) is 0 Å². The van der Waals surface area contributed by atoms with Crippen LogP contribution in [0.3, 0.4) is 0 Å². The number of amides is 1. The summed E-state index contributed by atoms with van der Waals surface area (Å²) in [5.41, 5.74) is -0.700. The number of rotatable bonds is 6. The number of carbonyl (C=O) groups excluding carboxylic acids is 3. The number of carboxylic acids is 2. The lowest BCUT2D eigenvalue weighted by Crippen LogP contribution is -2.26. The molecule has 2 rings (SSSR count). The molecule has 0 saturated carbocycles. The minimum Gasteiger partial charge on any atom is -0.545 e. The molecule has 0 radical (unpaired) electrons. The van der Waals surface area contributed by atoms with E-state index in [9.17, 15) is 24.6 Å². The number of nitrogens with zero attached hydrogens (tertiary/aromatic N) is 2. The van der Waals surface area contributed by atoms with E-state index >= 15 is 0 Å². The van der Waals surface area contributed by atoms with Crippen molar-refractivity contribution in [3.8, 4) is 0 Å². The molecular weight excluding hydrogens is 342 g/mol. The molecule has 0 unspecified atom stereocenters. The molecule has 0 spiro atoms. The molecule has 1 heterocycles. The highest BCUT2D eigenvalue weighted by Crippen LogP contribution is 2.22. The number of hydrogen-bond donors (Lipinski definition) is 1. The third-order valence-corrected chi connectivity index (χ3v) is 4.49. The summed E-state index contributed by atoms with van der Waals surface area (Å²) in [6.45, 7) is 1.79. The van der Waals surface area contributed by atoms with Crippen LogP contribution in [0.25, 0.3) is 0 Å². The predicted octanol–water partition coefficient (Wildman–Crippen LogP) is -0.696. The highest BCUT2D eigenvalue weighted by Gasteiger charge is 2.09. The van der Waals surface area contributed by atoms with E-state index in [1.54, 1.807) is 6.92 Å². The molecule has 120 valence electrons. The van der Waals surface area contributed by atoms with Crippen LogP contribution in [0, 0.1) is 6.92 Å². The quantitative estimate of drug-likeness (QED) is 0.675. The number of thioether (sulfide) groups is 1. The maximum atomic E-state index is 11.9. The number of benzene rings is 1. The van der Waals surface area contributed by atoms with Gasteiger partial charge in [0.1, 0.15) is 5.01 Å². The Morgan fingerprint density at radius 3 is 2.22 bits per heavy atom. The van der Waals surface area contributed by atoms with E-state index in [1.165, 1.54) is 23.1 Å². The molecular formula is C13H9N3O5S2-2. The molecule has 1 N–H and O–H groups in total. The van der Waals surface area contributed by atoms with Crippen molar-refractivity contribution in [3.63, 3.8) is 0 Å². The molecule has 8 nitrogen and oxygen atoms in total. The van der Waals surface area contributed by atoms with Crippen LogP contribution < -0.4 is 15.5 Å². The molecule has 1 aromatic carbocycles. The number of hydrogen-bond acceptors (Lipinski definition) is 9. The molecule has 23 heavy (non-hydrogen) atoms. The van der Waals surface area contributed by atoms with Gasteiger partial charge in [0.2, 0.25) is 5.91 Å². The second-order valence-electron chi connectivity index (χ2n) is 4.30. The summed E-state index contributed by atoms with van der Waals surface area (Å²) in [5.74, 6) is -3.53. The Balaban J connectivity index is 2.07. The predicted molar refractivity (Wildman–Crippen MR) is 79.1 cm³/mol. The van der Waals surface area contributed by atoms with Crippen LogP contribution >= 0.6 is 23.1 Å². The molecule has 0 atom stereocenters. The summed E-state index contributed by atoms with van der Waals surface area (Å²) in [4.78, 5) is 33.6. The first-order chi connectivity index (χ1) is 10.8. The number of nitrogens with one attached hydrogen (secondary N) is 1. The summed E-state index contributed by atoms with van der Waals surface area (Å²) < 4.78 is 0.622. The van der Waals surface area contributed by atoms with E-state index in [4.69, 9.17) is 0 Å². The summed E-state index contributed by atoms with van der Waals surface area (Å²) in [6.07, 6.45) is 0. The van der Waals surface area contributed by atoms with Crippen LogP contribution in [0.5, 0.6) is 0 Å². The fourth-order valence-corrected chi connectivity index (χ4v) is 3.21. The van der Waals surface area contributed by atoms with Gasteiger partial charge in [-0.2, -0.15) is 0 Å². The van der Waals surface area contributed by atoms with Gasteiger partial charge in [-0.15, -0.1) is 10.2 Å². The van der Waals surface area contributed by atoms with Gasteiger partial charge in [0, 0.05) is 5.69 Å². The number of aromatic carboxylic acids is 2.